The fourth-order valence-electron chi connectivity index (χ4n) is 6.05. The molecule has 3 N–H and O–H groups in total. The highest BCUT2D eigenvalue weighted by Gasteiger charge is 2.57. The summed E-state index contributed by atoms with van der Waals surface area (Å²) < 4.78 is 0. The molecule has 4 fully saturated rings. The minimum absolute atomic E-state index is 0.107. The molecular formula is C18H29N5O2. The number of rotatable bonds is 4. The third-order valence-corrected chi connectivity index (χ3v) is 7.07. The van der Waals surface area contributed by atoms with Crippen molar-refractivity contribution < 1.29 is 4.79 Å². The second-order valence-corrected chi connectivity index (χ2v) is 9.23. The van der Waals surface area contributed by atoms with E-state index in [-0.39, 0.29) is 29.2 Å². The molecule has 4 aliphatic carbocycles. The van der Waals surface area contributed by atoms with E-state index in [0.717, 1.165) is 17.8 Å². The van der Waals surface area contributed by atoms with Gasteiger partial charge in [0.25, 0.3) is 0 Å². The summed E-state index contributed by atoms with van der Waals surface area (Å²) in [6.07, 6.45) is 7.95. The first-order chi connectivity index (χ1) is 11.8. The van der Waals surface area contributed by atoms with E-state index in [9.17, 15) is 9.59 Å². The molecule has 0 radical (unpaired) electrons. The van der Waals surface area contributed by atoms with Crippen LogP contribution in [0.2, 0.25) is 0 Å². The number of amides is 2. The molecule has 138 valence electrons. The zero-order chi connectivity index (χ0) is 17.8. The maximum absolute atomic E-state index is 12.7. The maximum Gasteiger partial charge on any atom is 0.340 e. The van der Waals surface area contributed by atoms with E-state index in [1.54, 1.807) is 11.9 Å². The molecule has 1 heterocycles. The Bertz CT molecular complexity index is 684. The van der Waals surface area contributed by atoms with E-state index in [1.807, 2.05) is 0 Å². The van der Waals surface area contributed by atoms with Crippen molar-refractivity contribution in [2.24, 2.45) is 23.2 Å². The highest BCUT2D eigenvalue weighted by atomic mass is 16.2. The van der Waals surface area contributed by atoms with Gasteiger partial charge in [-0.25, -0.2) is 14.7 Å². The van der Waals surface area contributed by atoms with Gasteiger partial charge < -0.3 is 10.2 Å². The summed E-state index contributed by atoms with van der Waals surface area (Å²) in [4.78, 5) is 28.1. The topological polar surface area (TPSA) is 93.9 Å². The monoisotopic (exact) mass is 347 g/mol. The van der Waals surface area contributed by atoms with Gasteiger partial charge in [0.1, 0.15) is 0 Å². The van der Waals surface area contributed by atoms with Crippen molar-refractivity contribution in [2.45, 2.75) is 64.5 Å². The lowest BCUT2D eigenvalue weighted by molar-refractivity contribution is -0.0956. The summed E-state index contributed by atoms with van der Waals surface area (Å²) in [5.41, 5.74) is -0.343. The third-order valence-electron chi connectivity index (χ3n) is 7.07. The maximum atomic E-state index is 12.7. The van der Waals surface area contributed by atoms with Crippen LogP contribution < -0.4 is 11.0 Å². The molecule has 0 aliphatic heterocycles. The first kappa shape index (κ1) is 16.7. The fraction of sp³-hybridized carbons (Fsp3) is 0.833. The number of aromatic nitrogens is 3. The highest BCUT2D eigenvalue weighted by Crippen LogP contribution is 2.63. The Hall–Kier alpha value is -1.79. The van der Waals surface area contributed by atoms with Crippen LogP contribution in [0.5, 0.6) is 0 Å². The number of carbonyl (C=O) groups excluding carboxylic acids is 1. The SMILES string of the molecule is CN(Cc1n[nH]c(=O)[nH]1)C(=O)NC(C)(C)C12CC3CC(CC(C3)C1)C2. The largest absolute Gasteiger partial charge is 0.340 e. The van der Waals surface area contributed by atoms with Crippen LogP contribution >= 0.6 is 0 Å². The first-order valence-corrected chi connectivity index (χ1v) is 9.43. The molecule has 4 aliphatic rings. The van der Waals surface area contributed by atoms with Gasteiger partial charge >= 0.3 is 11.7 Å². The van der Waals surface area contributed by atoms with Gasteiger partial charge in [-0.05, 0) is 75.5 Å². The van der Waals surface area contributed by atoms with Gasteiger partial charge in [0.2, 0.25) is 0 Å². The van der Waals surface area contributed by atoms with Crippen molar-refractivity contribution in [3.63, 3.8) is 0 Å². The molecule has 4 saturated carbocycles. The average molecular weight is 347 g/mol. The Balaban J connectivity index is 1.45. The Morgan fingerprint density at radius 1 is 1.24 bits per heavy atom. The Morgan fingerprint density at radius 3 is 2.28 bits per heavy atom. The van der Waals surface area contributed by atoms with Crippen LogP contribution in [0.4, 0.5) is 4.79 Å². The number of nitrogens with one attached hydrogen (secondary N) is 3. The normalized spacial score (nSPS) is 33.5. The summed E-state index contributed by atoms with van der Waals surface area (Å²) in [5, 5.41) is 9.50. The molecule has 4 bridgehead atoms. The summed E-state index contributed by atoms with van der Waals surface area (Å²) in [5.74, 6) is 3.04. The number of urea groups is 1. The van der Waals surface area contributed by atoms with Crippen molar-refractivity contribution in [1.29, 1.82) is 0 Å². The molecular weight excluding hydrogens is 318 g/mol. The van der Waals surface area contributed by atoms with Gasteiger partial charge in [-0.1, -0.05) is 0 Å². The minimum atomic E-state index is -0.349. The molecule has 5 rings (SSSR count). The van der Waals surface area contributed by atoms with E-state index in [0.29, 0.717) is 5.82 Å². The van der Waals surface area contributed by atoms with Crippen LogP contribution in [0.15, 0.2) is 4.79 Å². The third kappa shape index (κ3) is 2.87. The standard InChI is InChI=1S/C18H29N5O2/c1-17(2,18-7-11-4-12(8-18)6-13(5-11)9-18)20-16(25)23(3)10-14-19-15(24)22-21-14/h11-13H,4-10H2,1-3H3,(H,20,25)(H2,19,21,22,24). The molecule has 7 heteroatoms. The molecule has 1 aromatic heterocycles. The van der Waals surface area contributed by atoms with Crippen molar-refractivity contribution in [1.82, 2.24) is 25.4 Å². The lowest BCUT2D eigenvalue weighted by atomic mass is 9.45. The zero-order valence-electron chi connectivity index (χ0n) is 15.4. The van der Waals surface area contributed by atoms with Gasteiger partial charge in [-0.3, -0.25) is 4.98 Å². The average Bonchev–Trinajstić information content (AvgIpc) is 2.90. The fourth-order valence-corrected chi connectivity index (χ4v) is 6.05. The van der Waals surface area contributed by atoms with Gasteiger partial charge in [0.05, 0.1) is 6.54 Å². The summed E-state index contributed by atoms with van der Waals surface area (Å²) in [6.45, 7) is 4.67. The molecule has 0 saturated heterocycles. The Labute approximate surface area is 148 Å². The minimum Gasteiger partial charge on any atom is -0.333 e. The lowest BCUT2D eigenvalue weighted by Gasteiger charge is -2.62. The van der Waals surface area contributed by atoms with Crippen molar-refractivity contribution >= 4 is 6.03 Å². The molecule has 7 nitrogen and oxygen atoms in total. The molecule has 1 aromatic rings. The number of H-pyrrole nitrogens is 2. The van der Waals surface area contributed by atoms with E-state index in [1.165, 1.54) is 38.5 Å². The quantitative estimate of drug-likeness (QED) is 0.779. The Morgan fingerprint density at radius 2 is 1.80 bits per heavy atom. The molecule has 25 heavy (non-hydrogen) atoms. The summed E-state index contributed by atoms with van der Waals surface area (Å²) in [6, 6.07) is -0.107. The van der Waals surface area contributed by atoms with Crippen LogP contribution in [0.3, 0.4) is 0 Å². The van der Waals surface area contributed by atoms with Crippen molar-refractivity contribution in [3.8, 4) is 0 Å². The van der Waals surface area contributed by atoms with E-state index in [2.05, 4.69) is 34.3 Å². The van der Waals surface area contributed by atoms with Crippen molar-refractivity contribution in [2.75, 3.05) is 7.05 Å². The second kappa shape index (κ2) is 5.61. The predicted molar refractivity (Wildman–Crippen MR) is 93.9 cm³/mol. The van der Waals surface area contributed by atoms with Crippen LogP contribution in [0.1, 0.15) is 58.2 Å². The van der Waals surface area contributed by atoms with Crippen LogP contribution in [-0.4, -0.2) is 38.7 Å². The highest BCUT2D eigenvalue weighted by molar-refractivity contribution is 5.74. The van der Waals surface area contributed by atoms with Crippen LogP contribution in [-0.2, 0) is 6.54 Å². The Kier molecular flexibility index (Phi) is 3.74. The first-order valence-electron chi connectivity index (χ1n) is 9.43. The predicted octanol–water partition coefficient (Wildman–Crippen LogP) is 2.23. The number of hydrogen-bond donors (Lipinski definition) is 3. The van der Waals surface area contributed by atoms with Crippen LogP contribution in [0, 0.1) is 23.2 Å². The molecule has 2 amide bonds. The smallest absolute Gasteiger partial charge is 0.333 e. The van der Waals surface area contributed by atoms with Gasteiger partial charge in [-0.2, -0.15) is 5.10 Å². The number of hydrogen-bond acceptors (Lipinski definition) is 3. The summed E-state index contributed by atoms with van der Waals surface area (Å²) >= 11 is 0. The number of carbonyl (C=O) groups is 1. The van der Waals surface area contributed by atoms with Gasteiger partial charge in [0, 0.05) is 12.6 Å². The second-order valence-electron chi connectivity index (χ2n) is 9.23. The van der Waals surface area contributed by atoms with Crippen molar-refractivity contribution in [3.05, 3.63) is 16.3 Å². The zero-order valence-corrected chi connectivity index (χ0v) is 15.4. The molecule has 0 atom stereocenters. The van der Waals surface area contributed by atoms with E-state index >= 15 is 0 Å². The van der Waals surface area contributed by atoms with E-state index < -0.39 is 0 Å². The molecule has 0 aromatic carbocycles. The lowest BCUT2D eigenvalue weighted by Crippen LogP contribution is -2.63. The van der Waals surface area contributed by atoms with Gasteiger partial charge in [-0.15, -0.1) is 0 Å². The molecule has 0 spiro atoms. The summed E-state index contributed by atoms with van der Waals surface area (Å²) in [7, 11) is 1.73. The molecule has 0 unspecified atom stereocenters. The van der Waals surface area contributed by atoms with Gasteiger partial charge in [0.15, 0.2) is 5.82 Å². The van der Waals surface area contributed by atoms with Crippen LogP contribution in [0.25, 0.3) is 0 Å². The number of nitrogens with zero attached hydrogens (tertiary/aromatic N) is 2. The number of aromatic amines is 2. The van der Waals surface area contributed by atoms with E-state index in [4.69, 9.17) is 0 Å².